The minimum atomic E-state index is -0.605. The average molecular weight is 537 g/mol. The van der Waals surface area contributed by atoms with Gasteiger partial charge in [-0.2, -0.15) is 5.26 Å². The normalized spacial score (nSPS) is 11.1. The summed E-state index contributed by atoms with van der Waals surface area (Å²) in [5, 5.41) is 13.1. The van der Waals surface area contributed by atoms with Gasteiger partial charge in [-0.05, 0) is 55.3 Å². The van der Waals surface area contributed by atoms with Crippen molar-refractivity contribution in [2.75, 3.05) is 44.2 Å². The Morgan fingerprint density at radius 2 is 1.77 bits per heavy atom. The lowest BCUT2D eigenvalue weighted by atomic mass is 9.86. The van der Waals surface area contributed by atoms with Gasteiger partial charge in [0.1, 0.15) is 5.69 Å². The molecule has 0 aliphatic heterocycles. The molecule has 9 heteroatoms. The molecule has 0 atom stereocenters. The van der Waals surface area contributed by atoms with Crippen molar-refractivity contribution in [3.63, 3.8) is 0 Å². The molecule has 0 bridgehead atoms. The van der Waals surface area contributed by atoms with E-state index in [1.807, 2.05) is 74.3 Å². The van der Waals surface area contributed by atoms with Crippen LogP contribution < -0.4 is 15.1 Å². The second-order valence-corrected chi connectivity index (χ2v) is 9.96. The SMILES string of the molecule is COCCNC(=O)c1ccc(-c2ccc3ncc(N(C)C=O)c(N(C)c4ccc(C(C)(C)C#N)cc4)c3c2)cn1. The van der Waals surface area contributed by atoms with E-state index in [0.717, 1.165) is 45.4 Å². The van der Waals surface area contributed by atoms with Crippen LogP contribution in [0.15, 0.2) is 67.0 Å². The Labute approximate surface area is 234 Å². The van der Waals surface area contributed by atoms with Gasteiger partial charge in [-0.3, -0.25) is 19.6 Å². The third-order valence-corrected chi connectivity index (χ3v) is 6.87. The number of anilines is 3. The minimum Gasteiger partial charge on any atom is -0.383 e. The summed E-state index contributed by atoms with van der Waals surface area (Å²) in [6.07, 6.45) is 4.11. The Morgan fingerprint density at radius 3 is 2.40 bits per heavy atom. The van der Waals surface area contributed by atoms with Crippen LogP contribution in [0.3, 0.4) is 0 Å². The fraction of sp³-hybridized carbons (Fsp3) is 0.258. The molecule has 204 valence electrons. The van der Waals surface area contributed by atoms with Gasteiger partial charge in [0, 0.05) is 50.6 Å². The van der Waals surface area contributed by atoms with Gasteiger partial charge in [0.2, 0.25) is 6.41 Å². The molecule has 0 aliphatic rings. The molecule has 2 amide bonds. The molecule has 2 aromatic carbocycles. The second-order valence-electron chi connectivity index (χ2n) is 9.96. The van der Waals surface area contributed by atoms with Crippen molar-refractivity contribution in [1.82, 2.24) is 15.3 Å². The number of ether oxygens (including phenoxy) is 1. The number of nitriles is 1. The minimum absolute atomic E-state index is 0.263. The lowest BCUT2D eigenvalue weighted by Gasteiger charge is -2.27. The van der Waals surface area contributed by atoms with Gasteiger partial charge < -0.3 is 19.9 Å². The van der Waals surface area contributed by atoms with E-state index in [4.69, 9.17) is 4.74 Å². The van der Waals surface area contributed by atoms with Gasteiger partial charge in [-0.1, -0.05) is 24.3 Å². The molecule has 9 nitrogen and oxygen atoms in total. The Morgan fingerprint density at radius 1 is 1.05 bits per heavy atom. The zero-order valence-electron chi connectivity index (χ0n) is 23.3. The number of benzene rings is 2. The maximum Gasteiger partial charge on any atom is 0.269 e. The number of hydrogen-bond acceptors (Lipinski definition) is 7. The summed E-state index contributed by atoms with van der Waals surface area (Å²) >= 11 is 0. The predicted octanol–water partition coefficient (Wildman–Crippen LogP) is 4.83. The van der Waals surface area contributed by atoms with Crippen LogP contribution in [0.1, 0.15) is 29.9 Å². The van der Waals surface area contributed by atoms with E-state index in [9.17, 15) is 14.9 Å². The van der Waals surface area contributed by atoms with Gasteiger partial charge in [0.15, 0.2) is 0 Å². The fourth-order valence-electron chi connectivity index (χ4n) is 4.37. The summed E-state index contributed by atoms with van der Waals surface area (Å²) in [5.41, 5.74) is 5.45. The van der Waals surface area contributed by atoms with Gasteiger partial charge in [0.25, 0.3) is 5.91 Å². The third kappa shape index (κ3) is 5.77. The number of rotatable bonds is 10. The summed E-state index contributed by atoms with van der Waals surface area (Å²) in [6, 6.07) is 19.6. The molecular weight excluding hydrogens is 504 g/mol. The van der Waals surface area contributed by atoms with E-state index >= 15 is 0 Å². The van der Waals surface area contributed by atoms with E-state index < -0.39 is 5.41 Å². The molecule has 0 unspecified atom stereocenters. The zero-order valence-corrected chi connectivity index (χ0v) is 23.3. The fourth-order valence-corrected chi connectivity index (χ4v) is 4.37. The lowest BCUT2D eigenvalue weighted by Crippen LogP contribution is -2.27. The van der Waals surface area contributed by atoms with Crippen molar-refractivity contribution in [3.05, 3.63) is 78.2 Å². The first-order valence-electron chi connectivity index (χ1n) is 12.8. The number of aromatic nitrogens is 2. The average Bonchev–Trinajstić information content (AvgIpc) is 2.99. The molecule has 40 heavy (non-hydrogen) atoms. The number of hydrogen-bond donors (Lipinski definition) is 1. The number of carbonyl (C=O) groups is 2. The number of nitrogens with one attached hydrogen (secondary N) is 1. The Balaban J connectivity index is 1.76. The highest BCUT2D eigenvalue weighted by Gasteiger charge is 2.21. The monoisotopic (exact) mass is 536 g/mol. The molecule has 0 aliphatic carbocycles. The Bertz CT molecular complexity index is 1560. The molecule has 4 rings (SSSR count). The molecule has 2 aromatic heterocycles. The molecule has 0 fully saturated rings. The summed E-state index contributed by atoms with van der Waals surface area (Å²) < 4.78 is 4.97. The summed E-state index contributed by atoms with van der Waals surface area (Å²) in [4.78, 5) is 36.6. The van der Waals surface area contributed by atoms with E-state index in [1.165, 1.54) is 4.90 Å². The molecular formula is C31H32N6O3. The summed E-state index contributed by atoms with van der Waals surface area (Å²) in [7, 11) is 5.21. The predicted molar refractivity (Wildman–Crippen MR) is 157 cm³/mol. The van der Waals surface area contributed by atoms with Crippen molar-refractivity contribution < 1.29 is 14.3 Å². The van der Waals surface area contributed by atoms with Crippen molar-refractivity contribution in [3.8, 4) is 17.2 Å². The van der Waals surface area contributed by atoms with Crippen molar-refractivity contribution in [2.45, 2.75) is 19.3 Å². The smallest absolute Gasteiger partial charge is 0.269 e. The number of nitrogens with zero attached hydrogens (tertiary/aromatic N) is 5. The van der Waals surface area contributed by atoms with Gasteiger partial charge in [-0.25, -0.2) is 0 Å². The highest BCUT2D eigenvalue weighted by molar-refractivity contribution is 6.04. The molecule has 0 saturated carbocycles. The quantitative estimate of drug-likeness (QED) is 0.228. The molecule has 0 radical (unpaired) electrons. The maximum absolute atomic E-state index is 12.3. The van der Waals surface area contributed by atoms with Crippen LogP contribution in [0.25, 0.3) is 22.0 Å². The van der Waals surface area contributed by atoms with Crippen molar-refractivity contribution in [1.29, 1.82) is 5.26 Å². The van der Waals surface area contributed by atoms with Crippen LogP contribution in [0, 0.1) is 11.3 Å². The first-order chi connectivity index (χ1) is 19.2. The molecule has 0 spiro atoms. The molecule has 2 heterocycles. The Hall–Kier alpha value is -4.81. The van der Waals surface area contributed by atoms with Gasteiger partial charge in [-0.15, -0.1) is 0 Å². The van der Waals surface area contributed by atoms with E-state index in [0.29, 0.717) is 24.5 Å². The highest BCUT2D eigenvalue weighted by Crippen LogP contribution is 2.40. The van der Waals surface area contributed by atoms with Crippen LogP contribution in [0.4, 0.5) is 17.1 Å². The van der Waals surface area contributed by atoms with Crippen LogP contribution in [-0.4, -0.2) is 56.6 Å². The third-order valence-electron chi connectivity index (χ3n) is 6.87. The topological polar surface area (TPSA) is 111 Å². The number of pyridine rings is 2. The van der Waals surface area contributed by atoms with Crippen LogP contribution in [0.2, 0.25) is 0 Å². The number of methoxy groups -OCH3 is 1. The van der Waals surface area contributed by atoms with Gasteiger partial charge in [0.05, 0.1) is 41.2 Å². The van der Waals surface area contributed by atoms with Crippen LogP contribution in [0.5, 0.6) is 0 Å². The first-order valence-corrected chi connectivity index (χ1v) is 12.8. The molecule has 1 N–H and O–H groups in total. The zero-order chi connectivity index (χ0) is 28.9. The second kappa shape index (κ2) is 11.9. The lowest BCUT2D eigenvalue weighted by molar-refractivity contribution is -0.107. The summed E-state index contributed by atoms with van der Waals surface area (Å²) in [5.74, 6) is -0.263. The molecule has 4 aromatic rings. The largest absolute Gasteiger partial charge is 0.383 e. The summed E-state index contributed by atoms with van der Waals surface area (Å²) in [6.45, 7) is 4.60. The van der Waals surface area contributed by atoms with Crippen molar-refractivity contribution in [2.24, 2.45) is 0 Å². The maximum atomic E-state index is 12.3. The standard InChI is InChI=1S/C31H32N6O3/c1-31(2,19-32)23-8-10-24(11-9-23)37(4)29-25-16-21(6-12-26(25)35-18-28(29)36(3)20-38)22-7-13-27(34-17-22)30(39)33-14-15-40-5/h6-13,16-18,20H,14-15H2,1-5H3,(H,33,39). The van der Waals surface area contributed by atoms with E-state index in [-0.39, 0.29) is 5.91 Å². The Kier molecular flexibility index (Phi) is 8.41. The number of fused-ring (bicyclic) bond motifs is 1. The number of carbonyl (C=O) groups excluding carboxylic acids is 2. The molecule has 0 saturated heterocycles. The number of amides is 2. The van der Waals surface area contributed by atoms with E-state index in [1.54, 1.807) is 32.6 Å². The first kappa shape index (κ1) is 28.2. The highest BCUT2D eigenvalue weighted by atomic mass is 16.5. The van der Waals surface area contributed by atoms with Gasteiger partial charge >= 0.3 is 0 Å². The van der Waals surface area contributed by atoms with Crippen molar-refractivity contribution >= 4 is 40.3 Å². The van der Waals surface area contributed by atoms with E-state index in [2.05, 4.69) is 21.4 Å². The van der Waals surface area contributed by atoms with Crippen LogP contribution in [-0.2, 0) is 14.9 Å². The van der Waals surface area contributed by atoms with Crippen LogP contribution >= 0.6 is 0 Å².